The normalized spacial score (nSPS) is 24.3. The molecule has 2 atom stereocenters. The average molecular weight is 319 g/mol. The molecule has 23 heavy (non-hydrogen) atoms. The maximum absolute atomic E-state index is 12.1. The molecule has 1 saturated heterocycles. The largest absolute Gasteiger partial charge is 0.491 e. The number of hydrogen-bond acceptors (Lipinski definition) is 5. The summed E-state index contributed by atoms with van der Waals surface area (Å²) in [5.41, 5.74) is 6.41. The molecule has 0 spiro atoms. The first-order valence-corrected chi connectivity index (χ1v) is 7.66. The van der Waals surface area contributed by atoms with Crippen molar-refractivity contribution in [3.05, 3.63) is 18.2 Å². The summed E-state index contributed by atoms with van der Waals surface area (Å²) in [6.45, 7) is 0.588. The Kier molecular flexibility index (Phi) is 4.12. The third-order valence-corrected chi connectivity index (χ3v) is 4.43. The van der Waals surface area contributed by atoms with Crippen molar-refractivity contribution in [1.29, 1.82) is 0 Å². The molecule has 2 N–H and O–H groups in total. The van der Waals surface area contributed by atoms with Crippen molar-refractivity contribution in [2.24, 2.45) is 5.73 Å². The number of hydrogen-bond donors (Lipinski definition) is 1. The molecule has 1 aromatic carbocycles. The Balaban J connectivity index is 1.73. The average Bonchev–Trinajstić information content (AvgIpc) is 2.83. The molecule has 0 unspecified atom stereocenters. The Morgan fingerprint density at radius 1 is 1.35 bits per heavy atom. The SMILES string of the molecule is CN1C(=O)[C@@H](N)COc2ccc(OC[C@H]3CCC(=O)N3C)cc21. The van der Waals surface area contributed by atoms with E-state index in [1.165, 1.54) is 4.90 Å². The smallest absolute Gasteiger partial charge is 0.247 e. The van der Waals surface area contributed by atoms with E-state index in [1.807, 2.05) is 0 Å². The molecule has 0 bridgehead atoms. The molecular formula is C16H21N3O4. The molecule has 7 nitrogen and oxygen atoms in total. The Bertz CT molecular complexity index is 634. The Hall–Kier alpha value is -2.28. The number of nitrogens with zero attached hydrogens (tertiary/aromatic N) is 2. The summed E-state index contributed by atoms with van der Waals surface area (Å²) < 4.78 is 11.4. The Morgan fingerprint density at radius 2 is 2.13 bits per heavy atom. The number of rotatable bonds is 3. The van der Waals surface area contributed by atoms with Crippen LogP contribution in [0, 0.1) is 0 Å². The number of carbonyl (C=O) groups excluding carboxylic acids is 2. The van der Waals surface area contributed by atoms with Crippen LogP contribution < -0.4 is 20.1 Å². The van der Waals surface area contributed by atoms with Gasteiger partial charge in [-0.25, -0.2) is 0 Å². The lowest BCUT2D eigenvalue weighted by molar-refractivity contribution is -0.128. The van der Waals surface area contributed by atoms with Crippen LogP contribution >= 0.6 is 0 Å². The molecule has 3 rings (SSSR count). The van der Waals surface area contributed by atoms with E-state index >= 15 is 0 Å². The lowest BCUT2D eigenvalue weighted by atomic mass is 10.2. The van der Waals surface area contributed by atoms with Crippen molar-refractivity contribution < 1.29 is 19.1 Å². The van der Waals surface area contributed by atoms with Gasteiger partial charge in [0, 0.05) is 26.6 Å². The molecule has 2 heterocycles. The van der Waals surface area contributed by atoms with Crippen LogP contribution in [0.4, 0.5) is 5.69 Å². The summed E-state index contributed by atoms with van der Waals surface area (Å²) in [5, 5.41) is 0. The van der Waals surface area contributed by atoms with Crippen LogP contribution in [0.2, 0.25) is 0 Å². The Labute approximate surface area is 134 Å². The summed E-state index contributed by atoms with van der Waals surface area (Å²) in [5.74, 6) is 1.19. The second kappa shape index (κ2) is 6.08. The second-order valence-corrected chi connectivity index (χ2v) is 5.95. The van der Waals surface area contributed by atoms with Crippen LogP contribution in [-0.2, 0) is 9.59 Å². The molecule has 2 amide bonds. The number of amides is 2. The van der Waals surface area contributed by atoms with Gasteiger partial charge in [0.15, 0.2) is 0 Å². The molecule has 2 aliphatic rings. The molecule has 1 fully saturated rings. The number of ether oxygens (including phenoxy) is 2. The highest BCUT2D eigenvalue weighted by Crippen LogP contribution is 2.34. The van der Waals surface area contributed by atoms with E-state index in [0.717, 1.165) is 6.42 Å². The van der Waals surface area contributed by atoms with Gasteiger partial charge in [0.05, 0.1) is 11.7 Å². The molecule has 0 aliphatic carbocycles. The van der Waals surface area contributed by atoms with Crippen molar-refractivity contribution in [1.82, 2.24) is 4.90 Å². The third-order valence-electron chi connectivity index (χ3n) is 4.43. The zero-order chi connectivity index (χ0) is 16.6. The van der Waals surface area contributed by atoms with Gasteiger partial charge in [-0.3, -0.25) is 9.59 Å². The zero-order valence-corrected chi connectivity index (χ0v) is 13.3. The second-order valence-electron chi connectivity index (χ2n) is 5.95. The van der Waals surface area contributed by atoms with Gasteiger partial charge in [-0.15, -0.1) is 0 Å². The van der Waals surface area contributed by atoms with Crippen LogP contribution in [0.1, 0.15) is 12.8 Å². The first-order chi connectivity index (χ1) is 11.0. The van der Waals surface area contributed by atoms with Crippen LogP contribution in [0.15, 0.2) is 18.2 Å². The predicted molar refractivity (Wildman–Crippen MR) is 84.6 cm³/mol. The first kappa shape index (κ1) is 15.6. The molecule has 7 heteroatoms. The minimum absolute atomic E-state index is 0.0883. The van der Waals surface area contributed by atoms with E-state index in [9.17, 15) is 9.59 Å². The van der Waals surface area contributed by atoms with Gasteiger partial charge in [0.25, 0.3) is 0 Å². The van der Waals surface area contributed by atoms with E-state index in [1.54, 1.807) is 37.2 Å². The number of benzene rings is 1. The molecule has 0 saturated carbocycles. The zero-order valence-electron chi connectivity index (χ0n) is 13.3. The number of anilines is 1. The number of fused-ring (bicyclic) bond motifs is 1. The van der Waals surface area contributed by atoms with Crippen LogP contribution in [-0.4, -0.2) is 56.1 Å². The van der Waals surface area contributed by atoms with Crippen molar-refractivity contribution in [3.63, 3.8) is 0 Å². The first-order valence-electron chi connectivity index (χ1n) is 7.66. The van der Waals surface area contributed by atoms with Crippen molar-refractivity contribution in [2.75, 3.05) is 32.2 Å². The number of likely N-dealkylation sites (tertiary alicyclic amines) is 1. The fourth-order valence-electron chi connectivity index (χ4n) is 2.84. The fourth-order valence-corrected chi connectivity index (χ4v) is 2.84. The summed E-state index contributed by atoms with van der Waals surface area (Å²) in [7, 11) is 3.46. The summed E-state index contributed by atoms with van der Waals surface area (Å²) in [6.07, 6.45) is 1.37. The Morgan fingerprint density at radius 3 is 2.83 bits per heavy atom. The fraction of sp³-hybridized carbons (Fsp3) is 0.500. The lowest BCUT2D eigenvalue weighted by Gasteiger charge is -2.21. The van der Waals surface area contributed by atoms with Gasteiger partial charge in [-0.05, 0) is 18.6 Å². The topological polar surface area (TPSA) is 85.1 Å². The van der Waals surface area contributed by atoms with Gasteiger partial charge in [-0.2, -0.15) is 0 Å². The lowest BCUT2D eigenvalue weighted by Crippen LogP contribution is -2.43. The van der Waals surface area contributed by atoms with Gasteiger partial charge >= 0.3 is 0 Å². The summed E-state index contributed by atoms with van der Waals surface area (Å²) >= 11 is 0. The minimum atomic E-state index is -0.671. The maximum atomic E-state index is 12.1. The highest BCUT2D eigenvalue weighted by molar-refractivity contribution is 5.98. The summed E-state index contributed by atoms with van der Waals surface area (Å²) in [4.78, 5) is 26.8. The van der Waals surface area contributed by atoms with E-state index < -0.39 is 6.04 Å². The number of carbonyl (C=O) groups is 2. The highest BCUT2D eigenvalue weighted by Gasteiger charge is 2.29. The molecule has 124 valence electrons. The van der Waals surface area contributed by atoms with Gasteiger partial charge in [0.2, 0.25) is 11.8 Å². The number of nitrogens with two attached hydrogens (primary N) is 1. The standard InChI is InChI=1S/C16H21N3O4/c1-18-10(3-6-15(18)20)8-22-11-4-5-14-13(7-11)19(2)16(21)12(17)9-23-14/h4-5,7,10,12H,3,6,8-9,17H2,1-2H3/t10-,12+/m1/s1. The maximum Gasteiger partial charge on any atom is 0.247 e. The van der Waals surface area contributed by atoms with Crippen molar-refractivity contribution >= 4 is 17.5 Å². The van der Waals surface area contributed by atoms with Crippen molar-refractivity contribution in [3.8, 4) is 11.5 Å². The molecule has 1 aromatic rings. The van der Waals surface area contributed by atoms with E-state index in [0.29, 0.717) is 30.2 Å². The molecule has 0 aromatic heterocycles. The minimum Gasteiger partial charge on any atom is -0.491 e. The van der Waals surface area contributed by atoms with E-state index in [4.69, 9.17) is 15.2 Å². The van der Waals surface area contributed by atoms with Gasteiger partial charge < -0.3 is 25.0 Å². The highest BCUT2D eigenvalue weighted by atomic mass is 16.5. The van der Waals surface area contributed by atoms with Crippen LogP contribution in [0.3, 0.4) is 0 Å². The van der Waals surface area contributed by atoms with Crippen LogP contribution in [0.5, 0.6) is 11.5 Å². The third kappa shape index (κ3) is 2.96. The van der Waals surface area contributed by atoms with Gasteiger partial charge in [0.1, 0.15) is 30.8 Å². The summed E-state index contributed by atoms with van der Waals surface area (Å²) in [6, 6.07) is 4.75. The molecular weight excluding hydrogens is 298 g/mol. The predicted octanol–water partition coefficient (Wildman–Crippen LogP) is 0.369. The monoisotopic (exact) mass is 319 g/mol. The van der Waals surface area contributed by atoms with E-state index in [-0.39, 0.29) is 24.5 Å². The van der Waals surface area contributed by atoms with Gasteiger partial charge in [-0.1, -0.05) is 0 Å². The number of likely N-dealkylation sites (N-methyl/N-ethyl adjacent to an activating group) is 2. The van der Waals surface area contributed by atoms with E-state index in [2.05, 4.69) is 0 Å². The molecule has 2 aliphatic heterocycles. The van der Waals surface area contributed by atoms with Crippen LogP contribution in [0.25, 0.3) is 0 Å². The van der Waals surface area contributed by atoms with Crippen molar-refractivity contribution in [2.45, 2.75) is 24.9 Å². The quantitative estimate of drug-likeness (QED) is 0.870. The molecule has 0 radical (unpaired) electrons.